The first-order valence-electron chi connectivity index (χ1n) is 6.98. The molecule has 0 heterocycles. The predicted octanol–water partition coefficient (Wildman–Crippen LogP) is 3.75. The van der Waals surface area contributed by atoms with Crippen molar-refractivity contribution in [3.63, 3.8) is 0 Å². The largest absolute Gasteiger partial charge is 0.390 e. The molecule has 0 aromatic rings. The molecule has 0 amide bonds. The van der Waals surface area contributed by atoms with E-state index >= 15 is 0 Å². The molecule has 1 nitrogen and oxygen atoms in total. The SMILES string of the molecule is CC1(C)CCC[C@@]2(C)CC[C@](C)(O)[C@@H]3CC312. The predicted molar refractivity (Wildman–Crippen MR) is 66.1 cm³/mol. The van der Waals surface area contributed by atoms with Gasteiger partial charge in [-0.05, 0) is 61.2 Å². The third-order valence-electron chi connectivity index (χ3n) is 6.71. The Labute approximate surface area is 99.6 Å². The number of hydrogen-bond acceptors (Lipinski definition) is 1. The molecule has 1 heteroatoms. The lowest BCUT2D eigenvalue weighted by Gasteiger charge is -2.57. The normalized spacial score (nSPS) is 58.7. The Hall–Kier alpha value is -0.0400. The highest BCUT2D eigenvalue weighted by atomic mass is 16.3. The van der Waals surface area contributed by atoms with Crippen LogP contribution in [-0.4, -0.2) is 10.7 Å². The lowest BCUT2D eigenvalue weighted by molar-refractivity contribution is -0.122. The lowest BCUT2D eigenvalue weighted by Crippen LogP contribution is -2.52. The zero-order valence-corrected chi connectivity index (χ0v) is 11.3. The van der Waals surface area contributed by atoms with Crippen LogP contribution in [0.1, 0.15) is 66.2 Å². The van der Waals surface area contributed by atoms with Gasteiger partial charge >= 0.3 is 0 Å². The minimum atomic E-state index is -0.381. The standard InChI is InChI=1S/C15H26O/c1-12(2)6-5-7-13(3)8-9-14(4,16)11-10-15(11,12)13/h11,16H,5-10H2,1-4H3/t11-,13-,14-,15?/m0/s1. The van der Waals surface area contributed by atoms with E-state index in [9.17, 15) is 5.11 Å². The van der Waals surface area contributed by atoms with Gasteiger partial charge in [0.25, 0.3) is 0 Å². The molecule has 3 rings (SSSR count). The van der Waals surface area contributed by atoms with Gasteiger partial charge in [0.15, 0.2) is 0 Å². The Morgan fingerprint density at radius 1 is 0.938 bits per heavy atom. The van der Waals surface area contributed by atoms with E-state index in [2.05, 4.69) is 27.7 Å². The fraction of sp³-hybridized carbons (Fsp3) is 1.00. The van der Waals surface area contributed by atoms with Crippen LogP contribution in [0, 0.1) is 22.2 Å². The van der Waals surface area contributed by atoms with Gasteiger partial charge in [0.05, 0.1) is 5.60 Å². The van der Waals surface area contributed by atoms with Crippen LogP contribution in [0.4, 0.5) is 0 Å². The molecule has 0 radical (unpaired) electrons. The molecule has 0 aromatic heterocycles. The summed E-state index contributed by atoms with van der Waals surface area (Å²) in [6.07, 6.45) is 7.67. The van der Waals surface area contributed by atoms with Gasteiger partial charge in [0.1, 0.15) is 0 Å². The molecule has 0 bridgehead atoms. The van der Waals surface area contributed by atoms with Crippen LogP contribution >= 0.6 is 0 Å². The fourth-order valence-electron chi connectivity index (χ4n) is 5.66. The van der Waals surface area contributed by atoms with Crippen LogP contribution in [-0.2, 0) is 0 Å². The molecule has 4 atom stereocenters. The van der Waals surface area contributed by atoms with Crippen LogP contribution in [0.5, 0.6) is 0 Å². The van der Waals surface area contributed by atoms with Crippen molar-refractivity contribution in [1.29, 1.82) is 0 Å². The Morgan fingerprint density at radius 3 is 2.31 bits per heavy atom. The first-order valence-corrected chi connectivity index (χ1v) is 6.98. The summed E-state index contributed by atoms with van der Waals surface area (Å²) in [6.45, 7) is 9.48. The van der Waals surface area contributed by atoms with Crippen molar-refractivity contribution in [1.82, 2.24) is 0 Å². The first kappa shape index (κ1) is 11.1. The molecule has 0 aromatic carbocycles. The van der Waals surface area contributed by atoms with Gasteiger partial charge < -0.3 is 5.11 Å². The van der Waals surface area contributed by atoms with Crippen molar-refractivity contribution in [2.45, 2.75) is 71.8 Å². The minimum Gasteiger partial charge on any atom is -0.390 e. The molecule has 0 saturated heterocycles. The maximum atomic E-state index is 10.6. The number of rotatable bonds is 0. The minimum absolute atomic E-state index is 0.381. The molecule has 0 aliphatic heterocycles. The van der Waals surface area contributed by atoms with Crippen molar-refractivity contribution in [3.8, 4) is 0 Å². The van der Waals surface area contributed by atoms with E-state index in [1.165, 1.54) is 32.1 Å². The van der Waals surface area contributed by atoms with Gasteiger partial charge in [-0.3, -0.25) is 0 Å². The Morgan fingerprint density at radius 2 is 1.62 bits per heavy atom. The highest BCUT2D eigenvalue weighted by molar-refractivity contribution is 5.25. The number of aliphatic hydroxyl groups is 1. The molecule has 1 spiro atoms. The molecule has 16 heavy (non-hydrogen) atoms. The maximum Gasteiger partial charge on any atom is 0.0653 e. The Balaban J connectivity index is 2.05. The highest BCUT2D eigenvalue weighted by Crippen LogP contribution is 2.81. The van der Waals surface area contributed by atoms with E-state index < -0.39 is 0 Å². The van der Waals surface area contributed by atoms with Crippen molar-refractivity contribution >= 4 is 0 Å². The van der Waals surface area contributed by atoms with Crippen LogP contribution < -0.4 is 0 Å². The second-order valence-corrected chi connectivity index (χ2v) is 7.88. The van der Waals surface area contributed by atoms with Gasteiger partial charge in [-0.1, -0.05) is 27.2 Å². The van der Waals surface area contributed by atoms with E-state index in [1.54, 1.807) is 0 Å². The summed E-state index contributed by atoms with van der Waals surface area (Å²) in [5.41, 5.74) is 1.03. The molecular formula is C15H26O. The molecule has 3 fully saturated rings. The van der Waals surface area contributed by atoms with E-state index in [0.717, 1.165) is 6.42 Å². The van der Waals surface area contributed by atoms with Gasteiger partial charge in [-0.25, -0.2) is 0 Å². The quantitative estimate of drug-likeness (QED) is 0.662. The van der Waals surface area contributed by atoms with Crippen molar-refractivity contribution in [2.24, 2.45) is 22.2 Å². The summed E-state index contributed by atoms with van der Waals surface area (Å²) in [5, 5.41) is 10.6. The van der Waals surface area contributed by atoms with E-state index in [0.29, 0.717) is 22.2 Å². The van der Waals surface area contributed by atoms with Crippen LogP contribution in [0.3, 0.4) is 0 Å². The summed E-state index contributed by atoms with van der Waals surface area (Å²) >= 11 is 0. The smallest absolute Gasteiger partial charge is 0.0653 e. The average molecular weight is 222 g/mol. The molecule has 1 N–H and O–H groups in total. The van der Waals surface area contributed by atoms with Crippen LogP contribution in [0.25, 0.3) is 0 Å². The molecule has 92 valence electrons. The second-order valence-electron chi connectivity index (χ2n) is 7.88. The maximum absolute atomic E-state index is 10.6. The topological polar surface area (TPSA) is 20.2 Å². The fourth-order valence-corrected chi connectivity index (χ4v) is 5.66. The Kier molecular flexibility index (Phi) is 1.86. The zero-order valence-electron chi connectivity index (χ0n) is 11.3. The van der Waals surface area contributed by atoms with E-state index in [4.69, 9.17) is 0 Å². The summed E-state index contributed by atoms with van der Waals surface area (Å²) in [4.78, 5) is 0. The summed E-state index contributed by atoms with van der Waals surface area (Å²) in [6, 6.07) is 0. The second kappa shape index (κ2) is 2.68. The zero-order chi connectivity index (χ0) is 11.8. The summed E-state index contributed by atoms with van der Waals surface area (Å²) in [7, 11) is 0. The van der Waals surface area contributed by atoms with E-state index in [1.807, 2.05) is 0 Å². The molecule has 3 aliphatic carbocycles. The molecule has 3 aliphatic rings. The van der Waals surface area contributed by atoms with Gasteiger partial charge in [0, 0.05) is 0 Å². The van der Waals surface area contributed by atoms with Gasteiger partial charge in [-0.2, -0.15) is 0 Å². The van der Waals surface area contributed by atoms with Crippen molar-refractivity contribution in [2.75, 3.05) is 0 Å². The van der Waals surface area contributed by atoms with Crippen molar-refractivity contribution < 1.29 is 5.11 Å². The number of hydrogen-bond donors (Lipinski definition) is 1. The monoisotopic (exact) mass is 222 g/mol. The van der Waals surface area contributed by atoms with Crippen LogP contribution in [0.15, 0.2) is 0 Å². The first-order chi connectivity index (χ1) is 7.25. The van der Waals surface area contributed by atoms with Crippen LogP contribution in [0.2, 0.25) is 0 Å². The Bertz CT molecular complexity index is 330. The molecular weight excluding hydrogens is 196 g/mol. The third-order valence-corrected chi connectivity index (χ3v) is 6.71. The third kappa shape index (κ3) is 1.02. The summed E-state index contributed by atoms with van der Waals surface area (Å²) < 4.78 is 0. The summed E-state index contributed by atoms with van der Waals surface area (Å²) in [5.74, 6) is 0.578. The molecule has 1 unspecified atom stereocenters. The lowest BCUT2D eigenvalue weighted by atomic mass is 9.48. The highest BCUT2D eigenvalue weighted by Gasteiger charge is 2.77. The van der Waals surface area contributed by atoms with Gasteiger partial charge in [-0.15, -0.1) is 0 Å². The average Bonchev–Trinajstić information content (AvgIpc) is 2.89. The molecule has 3 saturated carbocycles. The van der Waals surface area contributed by atoms with Crippen molar-refractivity contribution in [3.05, 3.63) is 0 Å². The van der Waals surface area contributed by atoms with Gasteiger partial charge in [0.2, 0.25) is 0 Å². The van der Waals surface area contributed by atoms with E-state index in [-0.39, 0.29) is 5.60 Å².